The molecule has 0 aliphatic carbocycles. The van der Waals surface area contributed by atoms with E-state index in [2.05, 4.69) is 10.3 Å². The summed E-state index contributed by atoms with van der Waals surface area (Å²) in [5, 5.41) is 2.83. The van der Waals surface area contributed by atoms with Gasteiger partial charge in [0.15, 0.2) is 6.10 Å². The number of rotatable bonds is 5. The minimum Gasteiger partial charge on any atom is -0.481 e. The Balaban J connectivity index is 1.62. The standard InChI is InChI=1S/C19H19N3O2/c1-14(19(23)21-16-6-4-3-5-7-16)24-17-10-8-15(9-11-17)18-12-22(2)13-20-18/h3-14H,1-2H3,(H,21,23). The molecule has 5 heteroatoms. The molecule has 1 heterocycles. The second kappa shape index (κ2) is 7.00. The molecule has 0 radical (unpaired) electrons. The highest BCUT2D eigenvalue weighted by Gasteiger charge is 2.14. The van der Waals surface area contributed by atoms with Crippen molar-refractivity contribution in [3.63, 3.8) is 0 Å². The molecule has 0 spiro atoms. The van der Waals surface area contributed by atoms with Crippen molar-refractivity contribution < 1.29 is 9.53 Å². The zero-order chi connectivity index (χ0) is 16.9. The van der Waals surface area contributed by atoms with Crippen LogP contribution in [-0.4, -0.2) is 21.6 Å². The van der Waals surface area contributed by atoms with E-state index < -0.39 is 6.10 Å². The van der Waals surface area contributed by atoms with Crippen LogP contribution in [0.1, 0.15) is 6.92 Å². The van der Waals surface area contributed by atoms with Crippen molar-refractivity contribution in [3.05, 3.63) is 67.1 Å². The molecule has 0 saturated carbocycles. The number of carbonyl (C=O) groups is 1. The number of aryl methyl sites for hydroxylation is 1. The Morgan fingerprint density at radius 2 is 1.83 bits per heavy atom. The maximum Gasteiger partial charge on any atom is 0.265 e. The molecule has 24 heavy (non-hydrogen) atoms. The normalized spacial score (nSPS) is 11.8. The van der Waals surface area contributed by atoms with Gasteiger partial charge in [-0.15, -0.1) is 0 Å². The predicted octanol–water partition coefficient (Wildman–Crippen LogP) is 3.49. The molecule has 1 amide bonds. The number of nitrogens with one attached hydrogen (secondary N) is 1. The van der Waals surface area contributed by atoms with Crippen molar-refractivity contribution in [1.82, 2.24) is 9.55 Å². The fourth-order valence-corrected chi connectivity index (χ4v) is 2.29. The molecule has 2 aromatic carbocycles. The maximum absolute atomic E-state index is 12.2. The third-order valence-corrected chi connectivity index (χ3v) is 3.58. The summed E-state index contributed by atoms with van der Waals surface area (Å²) in [6.45, 7) is 1.73. The second-order valence-corrected chi connectivity index (χ2v) is 5.56. The van der Waals surface area contributed by atoms with E-state index in [1.165, 1.54) is 0 Å². The molecule has 0 saturated heterocycles. The van der Waals surface area contributed by atoms with Crippen molar-refractivity contribution in [1.29, 1.82) is 0 Å². The van der Waals surface area contributed by atoms with Crippen molar-refractivity contribution in [2.75, 3.05) is 5.32 Å². The Kier molecular flexibility index (Phi) is 4.61. The van der Waals surface area contributed by atoms with Gasteiger partial charge in [0.25, 0.3) is 5.91 Å². The van der Waals surface area contributed by atoms with Gasteiger partial charge >= 0.3 is 0 Å². The van der Waals surface area contributed by atoms with Gasteiger partial charge in [-0.1, -0.05) is 18.2 Å². The first-order valence-electron chi connectivity index (χ1n) is 7.73. The largest absolute Gasteiger partial charge is 0.481 e. The Labute approximate surface area is 140 Å². The predicted molar refractivity (Wildman–Crippen MR) is 93.8 cm³/mol. The molecular weight excluding hydrogens is 302 g/mol. The molecule has 0 aliphatic rings. The number of hydrogen-bond acceptors (Lipinski definition) is 3. The van der Waals surface area contributed by atoms with Crippen LogP contribution < -0.4 is 10.1 Å². The Hall–Kier alpha value is -3.08. The van der Waals surface area contributed by atoms with Crippen LogP contribution in [0.4, 0.5) is 5.69 Å². The summed E-state index contributed by atoms with van der Waals surface area (Å²) in [5.74, 6) is 0.459. The van der Waals surface area contributed by atoms with Crippen molar-refractivity contribution in [3.8, 4) is 17.0 Å². The van der Waals surface area contributed by atoms with Crippen LogP contribution in [0.15, 0.2) is 67.1 Å². The molecule has 1 aromatic heterocycles. The number of carbonyl (C=O) groups excluding carboxylic acids is 1. The average Bonchev–Trinajstić information content (AvgIpc) is 3.03. The van der Waals surface area contributed by atoms with Crippen molar-refractivity contribution in [2.24, 2.45) is 7.05 Å². The zero-order valence-electron chi connectivity index (χ0n) is 13.6. The first-order valence-corrected chi connectivity index (χ1v) is 7.73. The van der Waals surface area contributed by atoms with Crippen molar-refractivity contribution >= 4 is 11.6 Å². The maximum atomic E-state index is 12.2. The molecule has 122 valence electrons. The number of ether oxygens (including phenoxy) is 1. The lowest BCUT2D eigenvalue weighted by Gasteiger charge is -2.15. The number of para-hydroxylation sites is 1. The Morgan fingerprint density at radius 3 is 2.46 bits per heavy atom. The zero-order valence-corrected chi connectivity index (χ0v) is 13.6. The monoisotopic (exact) mass is 321 g/mol. The minimum absolute atomic E-state index is 0.185. The van der Waals surface area contributed by atoms with Crippen LogP contribution >= 0.6 is 0 Å². The van der Waals surface area contributed by atoms with Gasteiger partial charge in [0.2, 0.25) is 0 Å². The van der Waals surface area contributed by atoms with Gasteiger partial charge in [-0.05, 0) is 43.3 Å². The third kappa shape index (κ3) is 3.81. The quantitative estimate of drug-likeness (QED) is 0.782. The average molecular weight is 321 g/mol. The molecule has 1 N–H and O–H groups in total. The summed E-state index contributed by atoms with van der Waals surface area (Å²) in [5.41, 5.74) is 2.66. The van der Waals surface area contributed by atoms with E-state index >= 15 is 0 Å². The number of amides is 1. The fourth-order valence-electron chi connectivity index (χ4n) is 2.29. The van der Waals surface area contributed by atoms with Crippen LogP contribution in [-0.2, 0) is 11.8 Å². The lowest BCUT2D eigenvalue weighted by atomic mass is 10.1. The van der Waals surface area contributed by atoms with E-state index in [4.69, 9.17) is 4.74 Å². The molecule has 0 bridgehead atoms. The first kappa shape index (κ1) is 15.8. The summed E-state index contributed by atoms with van der Waals surface area (Å²) in [6, 6.07) is 16.9. The van der Waals surface area contributed by atoms with Crippen LogP contribution in [0.5, 0.6) is 5.75 Å². The van der Waals surface area contributed by atoms with Gasteiger partial charge in [-0.2, -0.15) is 0 Å². The van der Waals surface area contributed by atoms with Gasteiger partial charge in [0.1, 0.15) is 5.75 Å². The number of imidazole rings is 1. The molecule has 5 nitrogen and oxygen atoms in total. The van der Waals surface area contributed by atoms with Crippen LogP contribution in [0.3, 0.4) is 0 Å². The minimum atomic E-state index is -0.592. The lowest BCUT2D eigenvalue weighted by molar-refractivity contribution is -0.122. The Morgan fingerprint density at radius 1 is 1.12 bits per heavy atom. The highest BCUT2D eigenvalue weighted by atomic mass is 16.5. The third-order valence-electron chi connectivity index (χ3n) is 3.58. The number of aromatic nitrogens is 2. The number of benzene rings is 2. The van der Waals surface area contributed by atoms with E-state index in [1.54, 1.807) is 13.3 Å². The van der Waals surface area contributed by atoms with Gasteiger partial charge in [0, 0.05) is 24.5 Å². The Bertz CT molecular complexity index is 810. The molecule has 0 fully saturated rings. The summed E-state index contributed by atoms with van der Waals surface area (Å²) in [4.78, 5) is 16.5. The summed E-state index contributed by atoms with van der Waals surface area (Å²) in [6.07, 6.45) is 3.12. The molecule has 1 unspecified atom stereocenters. The van der Waals surface area contributed by atoms with E-state index in [1.807, 2.05) is 72.4 Å². The van der Waals surface area contributed by atoms with E-state index in [9.17, 15) is 4.79 Å². The highest BCUT2D eigenvalue weighted by Crippen LogP contribution is 2.21. The molecule has 3 rings (SSSR count). The molecular formula is C19H19N3O2. The number of nitrogens with zero attached hydrogens (tertiary/aromatic N) is 2. The second-order valence-electron chi connectivity index (χ2n) is 5.56. The van der Waals surface area contributed by atoms with E-state index in [-0.39, 0.29) is 5.91 Å². The molecule has 1 atom stereocenters. The summed E-state index contributed by atoms with van der Waals surface area (Å²) < 4.78 is 7.61. The number of hydrogen-bond donors (Lipinski definition) is 1. The van der Waals surface area contributed by atoms with E-state index in [0.29, 0.717) is 5.75 Å². The van der Waals surface area contributed by atoms with Crippen molar-refractivity contribution in [2.45, 2.75) is 13.0 Å². The topological polar surface area (TPSA) is 56.2 Å². The fraction of sp³-hybridized carbons (Fsp3) is 0.158. The van der Waals surface area contributed by atoms with Gasteiger partial charge in [0.05, 0.1) is 12.0 Å². The van der Waals surface area contributed by atoms with E-state index in [0.717, 1.165) is 16.9 Å². The first-order chi connectivity index (χ1) is 11.6. The molecule has 0 aliphatic heterocycles. The molecule has 3 aromatic rings. The van der Waals surface area contributed by atoms with Gasteiger partial charge in [-0.25, -0.2) is 4.98 Å². The van der Waals surface area contributed by atoms with Crippen LogP contribution in [0.25, 0.3) is 11.3 Å². The highest BCUT2D eigenvalue weighted by molar-refractivity contribution is 5.94. The van der Waals surface area contributed by atoms with Crippen LogP contribution in [0.2, 0.25) is 0 Å². The lowest BCUT2D eigenvalue weighted by Crippen LogP contribution is -2.30. The van der Waals surface area contributed by atoms with Gasteiger partial charge in [-0.3, -0.25) is 4.79 Å². The SMILES string of the molecule is CC(Oc1ccc(-c2cn(C)cn2)cc1)C(=O)Nc1ccccc1. The summed E-state index contributed by atoms with van der Waals surface area (Å²) in [7, 11) is 1.93. The number of anilines is 1. The smallest absolute Gasteiger partial charge is 0.265 e. The summed E-state index contributed by atoms with van der Waals surface area (Å²) >= 11 is 0. The van der Waals surface area contributed by atoms with Gasteiger partial charge < -0.3 is 14.6 Å². The van der Waals surface area contributed by atoms with Crippen LogP contribution in [0, 0.1) is 0 Å².